The predicted octanol–water partition coefficient (Wildman–Crippen LogP) is 11.7. The van der Waals surface area contributed by atoms with Crippen LogP contribution < -0.4 is 5.32 Å². The zero-order valence-electron chi connectivity index (χ0n) is 29.2. The number of rotatable bonds is 35. The van der Waals surface area contributed by atoms with E-state index in [2.05, 4.69) is 61.4 Å². The van der Waals surface area contributed by atoms with Crippen LogP contribution in [-0.2, 0) is 4.79 Å². The van der Waals surface area contributed by atoms with Crippen LogP contribution in [0.25, 0.3) is 0 Å². The third-order valence-corrected chi connectivity index (χ3v) is 11.4. The van der Waals surface area contributed by atoms with Crippen molar-refractivity contribution < 1.29 is 4.79 Å². The topological polar surface area (TPSA) is 32.3 Å². The zero-order chi connectivity index (χ0) is 30.8. The molecule has 0 saturated heterocycles. The highest BCUT2D eigenvalue weighted by Gasteiger charge is 2.11. The average molecular weight is 629 g/mol. The molecule has 0 aliphatic rings. The van der Waals surface area contributed by atoms with Crippen LogP contribution in [0.5, 0.6) is 0 Å². The molecular formula is C37H76N2OS2. The van der Waals surface area contributed by atoms with Crippen molar-refractivity contribution in [3.63, 3.8) is 0 Å². The van der Waals surface area contributed by atoms with Crippen LogP contribution in [0.1, 0.15) is 182 Å². The maximum absolute atomic E-state index is 12.4. The lowest BCUT2D eigenvalue weighted by Gasteiger charge is -2.18. The molecule has 42 heavy (non-hydrogen) atoms. The Balaban J connectivity index is 4.08. The number of hydrogen-bond acceptors (Lipinski definition) is 4. The molecule has 0 saturated carbocycles. The van der Waals surface area contributed by atoms with E-state index in [9.17, 15) is 4.79 Å². The van der Waals surface area contributed by atoms with E-state index in [1.807, 2.05) is 0 Å². The Morgan fingerprint density at radius 1 is 0.595 bits per heavy atom. The van der Waals surface area contributed by atoms with Gasteiger partial charge in [0.15, 0.2) is 0 Å². The van der Waals surface area contributed by atoms with Gasteiger partial charge in [-0.3, -0.25) is 4.79 Å². The van der Waals surface area contributed by atoms with Crippen molar-refractivity contribution in [2.24, 2.45) is 0 Å². The van der Waals surface area contributed by atoms with Gasteiger partial charge in [0.1, 0.15) is 0 Å². The number of unbranched alkanes of at least 4 members (excludes halogenated alkanes) is 18. The molecule has 5 heteroatoms. The van der Waals surface area contributed by atoms with Crippen molar-refractivity contribution in [3.05, 3.63) is 0 Å². The number of nitrogens with zero attached hydrogens (tertiary/aromatic N) is 1. The van der Waals surface area contributed by atoms with E-state index >= 15 is 0 Å². The molecule has 0 aliphatic carbocycles. The largest absolute Gasteiger partial charge is 0.356 e. The molecule has 0 heterocycles. The molecule has 252 valence electrons. The maximum atomic E-state index is 12.4. The van der Waals surface area contributed by atoms with E-state index in [1.54, 1.807) is 0 Å². The van der Waals surface area contributed by atoms with E-state index in [-0.39, 0.29) is 5.91 Å². The van der Waals surface area contributed by atoms with Crippen molar-refractivity contribution in [1.29, 1.82) is 0 Å². The third-order valence-electron chi connectivity index (χ3n) is 8.60. The molecular weight excluding hydrogens is 553 g/mol. The highest BCUT2D eigenvalue weighted by molar-refractivity contribution is 8.03. The number of nitrogens with one attached hydrogen (secondary N) is 1. The number of hydrogen-bond donors (Lipinski definition) is 1. The van der Waals surface area contributed by atoms with Crippen molar-refractivity contribution in [2.45, 2.75) is 187 Å². The Morgan fingerprint density at radius 2 is 1.07 bits per heavy atom. The Morgan fingerprint density at radius 3 is 1.57 bits per heavy atom. The summed E-state index contributed by atoms with van der Waals surface area (Å²) in [4.78, 5) is 14.8. The van der Waals surface area contributed by atoms with E-state index in [0.717, 1.165) is 39.0 Å². The van der Waals surface area contributed by atoms with Gasteiger partial charge in [0, 0.05) is 24.0 Å². The first-order valence-corrected chi connectivity index (χ1v) is 21.1. The summed E-state index contributed by atoms with van der Waals surface area (Å²) in [5, 5.41) is 3.88. The monoisotopic (exact) mass is 629 g/mol. The van der Waals surface area contributed by atoms with Crippen molar-refractivity contribution in [1.82, 2.24) is 10.2 Å². The number of thioether (sulfide) groups is 2. The Kier molecular flexibility index (Phi) is 35.7. The molecule has 1 amide bonds. The fourth-order valence-corrected chi connectivity index (χ4v) is 8.33. The van der Waals surface area contributed by atoms with Crippen LogP contribution in [0.2, 0.25) is 0 Å². The molecule has 1 atom stereocenters. The van der Waals surface area contributed by atoms with E-state index in [4.69, 9.17) is 0 Å². The van der Waals surface area contributed by atoms with Gasteiger partial charge in [-0.25, -0.2) is 0 Å². The lowest BCUT2D eigenvalue weighted by molar-refractivity contribution is -0.121. The Bertz CT molecular complexity index is 530. The maximum Gasteiger partial charge on any atom is 0.219 e. The first kappa shape index (κ1) is 42.1. The highest BCUT2D eigenvalue weighted by atomic mass is 32.2. The summed E-state index contributed by atoms with van der Waals surface area (Å²) in [5.74, 6) is 4.15. The molecule has 0 aromatic carbocycles. The molecule has 0 bridgehead atoms. The summed E-state index contributed by atoms with van der Waals surface area (Å²) in [6.45, 7) is 13.1. The van der Waals surface area contributed by atoms with E-state index in [0.29, 0.717) is 11.7 Å². The van der Waals surface area contributed by atoms with Crippen LogP contribution in [0, 0.1) is 0 Å². The van der Waals surface area contributed by atoms with Gasteiger partial charge in [-0.1, -0.05) is 143 Å². The minimum Gasteiger partial charge on any atom is -0.356 e. The van der Waals surface area contributed by atoms with Gasteiger partial charge < -0.3 is 10.2 Å². The van der Waals surface area contributed by atoms with Gasteiger partial charge in [0.05, 0.1) is 0 Å². The zero-order valence-corrected chi connectivity index (χ0v) is 30.8. The highest BCUT2D eigenvalue weighted by Crippen LogP contribution is 2.24. The predicted molar refractivity (Wildman–Crippen MR) is 197 cm³/mol. The second-order valence-electron chi connectivity index (χ2n) is 12.6. The van der Waals surface area contributed by atoms with Gasteiger partial charge in [-0.2, -0.15) is 23.5 Å². The molecule has 0 aliphatic heterocycles. The van der Waals surface area contributed by atoms with Crippen molar-refractivity contribution >= 4 is 29.4 Å². The normalized spacial score (nSPS) is 12.3. The van der Waals surface area contributed by atoms with Gasteiger partial charge >= 0.3 is 0 Å². The minimum absolute atomic E-state index is 0.256. The number of carbonyl (C=O) groups is 1. The summed E-state index contributed by atoms with van der Waals surface area (Å²) in [5.41, 5.74) is 0. The molecule has 0 radical (unpaired) electrons. The minimum atomic E-state index is 0.256. The molecule has 0 aromatic heterocycles. The van der Waals surface area contributed by atoms with E-state index < -0.39 is 0 Å². The van der Waals surface area contributed by atoms with Crippen LogP contribution in [-0.4, -0.2) is 59.5 Å². The van der Waals surface area contributed by atoms with Crippen LogP contribution in [0.3, 0.4) is 0 Å². The molecule has 1 unspecified atom stereocenters. The summed E-state index contributed by atoms with van der Waals surface area (Å²) in [6, 6.07) is 0. The van der Waals surface area contributed by atoms with Crippen LogP contribution in [0.4, 0.5) is 0 Å². The Hall–Kier alpha value is 0.130. The van der Waals surface area contributed by atoms with Crippen LogP contribution in [0.15, 0.2) is 0 Å². The molecule has 0 spiro atoms. The van der Waals surface area contributed by atoms with Crippen LogP contribution >= 0.6 is 23.5 Å². The first-order valence-electron chi connectivity index (χ1n) is 18.9. The quantitative estimate of drug-likeness (QED) is 0.0708. The number of carbonyl (C=O) groups excluding carboxylic acids is 1. The summed E-state index contributed by atoms with van der Waals surface area (Å²) in [6.07, 6.45) is 32.3. The lowest BCUT2D eigenvalue weighted by Crippen LogP contribution is -2.29. The molecule has 1 N–H and O–H groups in total. The van der Waals surface area contributed by atoms with Gasteiger partial charge in [0.25, 0.3) is 0 Å². The SMILES string of the molecule is CCCCCCCCCCCCSCC(CCCC(=O)NCCCN(CC)CC)SCCCCCCCCCCCC. The van der Waals surface area contributed by atoms with Gasteiger partial charge in [-0.15, -0.1) is 0 Å². The lowest BCUT2D eigenvalue weighted by atomic mass is 10.1. The number of amides is 1. The third kappa shape index (κ3) is 31.6. The van der Waals surface area contributed by atoms with Crippen molar-refractivity contribution in [2.75, 3.05) is 43.4 Å². The van der Waals surface area contributed by atoms with Gasteiger partial charge in [-0.05, 0) is 63.2 Å². The van der Waals surface area contributed by atoms with Gasteiger partial charge in [0.2, 0.25) is 5.91 Å². The second kappa shape index (κ2) is 35.6. The Labute approximate surface area is 274 Å². The summed E-state index contributed by atoms with van der Waals surface area (Å²) < 4.78 is 0. The fraction of sp³-hybridized carbons (Fsp3) is 0.973. The van der Waals surface area contributed by atoms with E-state index in [1.165, 1.54) is 152 Å². The summed E-state index contributed by atoms with van der Waals surface area (Å²) >= 11 is 4.38. The average Bonchev–Trinajstić information content (AvgIpc) is 3.00. The first-order chi connectivity index (χ1) is 20.7. The molecule has 0 fully saturated rings. The summed E-state index contributed by atoms with van der Waals surface area (Å²) in [7, 11) is 0. The standard InChI is InChI=1S/C37H76N2OS2/c1-5-9-11-13-15-17-19-21-23-25-33-41-35-36(42-34-26-24-22-20-18-16-14-12-10-6-2)29-27-30-37(40)38-31-28-32-39(7-3)8-4/h36H,5-35H2,1-4H3,(H,38,40). The molecule has 3 nitrogen and oxygen atoms in total. The molecule has 0 aromatic rings. The second-order valence-corrected chi connectivity index (χ2v) is 15.1. The van der Waals surface area contributed by atoms with Crippen molar-refractivity contribution in [3.8, 4) is 0 Å². The molecule has 0 rings (SSSR count). The fourth-order valence-electron chi connectivity index (χ4n) is 5.61. The smallest absolute Gasteiger partial charge is 0.219 e.